The third kappa shape index (κ3) is 2.43. The standard InChI is InChI=1S/C14H14N4O4/c19-10(20)7-8-3-1-4-9-11(8)12(13(21)22)17-18(9)14-15-5-2-6-16-14/h2,5-6,8H,1,3-4,7H2,(H,19,20)(H,21,22). The Balaban J connectivity index is 2.15. The first-order valence-electron chi connectivity index (χ1n) is 6.92. The zero-order chi connectivity index (χ0) is 15.7. The van der Waals surface area contributed by atoms with Crippen molar-refractivity contribution in [3.63, 3.8) is 0 Å². The Morgan fingerprint density at radius 2 is 2.00 bits per heavy atom. The predicted molar refractivity (Wildman–Crippen MR) is 74.0 cm³/mol. The fourth-order valence-electron chi connectivity index (χ4n) is 2.93. The minimum Gasteiger partial charge on any atom is -0.481 e. The molecule has 2 heterocycles. The van der Waals surface area contributed by atoms with E-state index in [0.717, 1.165) is 6.42 Å². The summed E-state index contributed by atoms with van der Waals surface area (Å²) in [6, 6.07) is 1.66. The van der Waals surface area contributed by atoms with Crippen molar-refractivity contribution in [3.05, 3.63) is 35.4 Å². The predicted octanol–water partition coefficient (Wildman–Crippen LogP) is 1.26. The van der Waals surface area contributed by atoms with E-state index in [9.17, 15) is 14.7 Å². The number of carboxylic acid groups (broad SMARTS) is 2. The zero-order valence-corrected chi connectivity index (χ0v) is 11.6. The molecule has 2 N–H and O–H groups in total. The molecule has 1 unspecified atom stereocenters. The molecule has 0 bridgehead atoms. The highest BCUT2D eigenvalue weighted by Crippen LogP contribution is 2.37. The van der Waals surface area contributed by atoms with E-state index >= 15 is 0 Å². The van der Waals surface area contributed by atoms with Crippen LogP contribution in [0.1, 0.15) is 46.9 Å². The molecule has 0 saturated heterocycles. The van der Waals surface area contributed by atoms with E-state index in [4.69, 9.17) is 5.11 Å². The van der Waals surface area contributed by atoms with Gasteiger partial charge in [0.25, 0.3) is 5.95 Å². The first-order valence-corrected chi connectivity index (χ1v) is 6.92. The van der Waals surface area contributed by atoms with E-state index in [1.54, 1.807) is 18.5 Å². The fourth-order valence-corrected chi connectivity index (χ4v) is 2.93. The van der Waals surface area contributed by atoms with Crippen LogP contribution >= 0.6 is 0 Å². The van der Waals surface area contributed by atoms with Crippen molar-refractivity contribution in [3.8, 4) is 5.95 Å². The molecule has 22 heavy (non-hydrogen) atoms. The lowest BCUT2D eigenvalue weighted by Gasteiger charge is -2.21. The second kappa shape index (κ2) is 5.55. The van der Waals surface area contributed by atoms with Crippen molar-refractivity contribution in [1.82, 2.24) is 19.7 Å². The maximum Gasteiger partial charge on any atom is 0.356 e. The Labute approximate surface area is 125 Å². The van der Waals surface area contributed by atoms with Crippen molar-refractivity contribution in [2.24, 2.45) is 0 Å². The molecule has 0 aliphatic heterocycles. The molecule has 0 fully saturated rings. The molecule has 0 amide bonds. The third-order valence-corrected chi connectivity index (χ3v) is 3.76. The number of hydrogen-bond donors (Lipinski definition) is 2. The van der Waals surface area contributed by atoms with E-state index < -0.39 is 11.9 Å². The summed E-state index contributed by atoms with van der Waals surface area (Å²) < 4.78 is 1.42. The van der Waals surface area contributed by atoms with Crippen LogP contribution in [0.25, 0.3) is 5.95 Å². The molecule has 1 aliphatic rings. The van der Waals surface area contributed by atoms with Crippen molar-refractivity contribution in [1.29, 1.82) is 0 Å². The molecular formula is C14H14N4O4. The van der Waals surface area contributed by atoms with E-state index in [2.05, 4.69) is 15.1 Å². The molecule has 8 nitrogen and oxygen atoms in total. The van der Waals surface area contributed by atoms with Gasteiger partial charge < -0.3 is 10.2 Å². The van der Waals surface area contributed by atoms with Crippen LogP contribution in [-0.4, -0.2) is 41.9 Å². The average molecular weight is 302 g/mol. The summed E-state index contributed by atoms with van der Waals surface area (Å²) in [6.45, 7) is 0. The minimum absolute atomic E-state index is 0.103. The lowest BCUT2D eigenvalue weighted by molar-refractivity contribution is -0.137. The molecular weight excluding hydrogens is 288 g/mol. The van der Waals surface area contributed by atoms with Crippen LogP contribution in [0.3, 0.4) is 0 Å². The van der Waals surface area contributed by atoms with Crippen molar-refractivity contribution >= 4 is 11.9 Å². The second-order valence-electron chi connectivity index (χ2n) is 5.16. The SMILES string of the molecule is O=C(O)CC1CCCc2c1c(C(=O)O)nn2-c1ncccn1. The van der Waals surface area contributed by atoms with Crippen LogP contribution in [0.15, 0.2) is 18.5 Å². The van der Waals surface area contributed by atoms with Gasteiger partial charge in [-0.1, -0.05) is 0 Å². The Hall–Kier alpha value is -2.77. The molecule has 8 heteroatoms. The van der Waals surface area contributed by atoms with Gasteiger partial charge in [0.15, 0.2) is 5.69 Å². The van der Waals surface area contributed by atoms with Crippen LogP contribution < -0.4 is 0 Å². The summed E-state index contributed by atoms with van der Waals surface area (Å²) in [5.41, 5.74) is 1.10. The summed E-state index contributed by atoms with van der Waals surface area (Å²) in [5, 5.41) is 22.6. The number of carboxylic acids is 2. The lowest BCUT2D eigenvalue weighted by Crippen LogP contribution is -2.17. The van der Waals surface area contributed by atoms with Gasteiger partial charge >= 0.3 is 11.9 Å². The summed E-state index contributed by atoms with van der Waals surface area (Å²) in [4.78, 5) is 30.7. The smallest absolute Gasteiger partial charge is 0.356 e. The molecule has 0 aromatic carbocycles. The van der Waals surface area contributed by atoms with Gasteiger partial charge in [-0.15, -0.1) is 0 Å². The van der Waals surface area contributed by atoms with Crippen molar-refractivity contribution in [2.75, 3.05) is 0 Å². The van der Waals surface area contributed by atoms with Gasteiger partial charge in [-0.2, -0.15) is 5.10 Å². The normalized spacial score (nSPS) is 17.0. The number of hydrogen-bond acceptors (Lipinski definition) is 5. The lowest BCUT2D eigenvalue weighted by atomic mass is 9.83. The maximum absolute atomic E-state index is 11.5. The average Bonchev–Trinajstić information content (AvgIpc) is 2.88. The molecule has 0 spiro atoms. The quantitative estimate of drug-likeness (QED) is 0.872. The molecule has 1 atom stereocenters. The van der Waals surface area contributed by atoms with Gasteiger partial charge in [-0.25, -0.2) is 19.4 Å². The van der Waals surface area contributed by atoms with Gasteiger partial charge in [0, 0.05) is 18.0 Å². The topological polar surface area (TPSA) is 118 Å². The molecule has 3 rings (SSSR count). The van der Waals surface area contributed by atoms with Gasteiger partial charge in [0.1, 0.15) is 0 Å². The molecule has 0 saturated carbocycles. The zero-order valence-electron chi connectivity index (χ0n) is 11.6. The molecule has 2 aromatic rings. The van der Waals surface area contributed by atoms with E-state index in [1.807, 2.05) is 0 Å². The first-order chi connectivity index (χ1) is 10.6. The second-order valence-corrected chi connectivity index (χ2v) is 5.16. The number of aliphatic carboxylic acids is 1. The minimum atomic E-state index is -1.16. The largest absolute Gasteiger partial charge is 0.481 e. The Morgan fingerprint density at radius 1 is 1.27 bits per heavy atom. The number of fused-ring (bicyclic) bond motifs is 1. The van der Waals surface area contributed by atoms with Gasteiger partial charge in [0.05, 0.1) is 12.1 Å². The van der Waals surface area contributed by atoms with Gasteiger partial charge in [-0.05, 0) is 31.2 Å². The van der Waals surface area contributed by atoms with Crippen LogP contribution in [0, 0.1) is 0 Å². The number of nitrogens with zero attached hydrogens (tertiary/aromatic N) is 4. The molecule has 2 aromatic heterocycles. The first kappa shape index (κ1) is 14.2. The Bertz CT molecular complexity index is 726. The summed E-state index contributed by atoms with van der Waals surface area (Å²) in [5.74, 6) is -2.16. The monoisotopic (exact) mass is 302 g/mol. The van der Waals surface area contributed by atoms with Crippen molar-refractivity contribution < 1.29 is 19.8 Å². The highest BCUT2D eigenvalue weighted by molar-refractivity contribution is 5.88. The van der Waals surface area contributed by atoms with Crippen LogP contribution in [0.5, 0.6) is 0 Å². The highest BCUT2D eigenvalue weighted by Gasteiger charge is 2.33. The number of carbonyl (C=O) groups is 2. The molecule has 0 radical (unpaired) electrons. The Morgan fingerprint density at radius 3 is 2.64 bits per heavy atom. The van der Waals surface area contributed by atoms with Crippen LogP contribution in [-0.2, 0) is 11.2 Å². The molecule has 1 aliphatic carbocycles. The van der Waals surface area contributed by atoms with Crippen LogP contribution in [0.4, 0.5) is 0 Å². The van der Waals surface area contributed by atoms with E-state index in [0.29, 0.717) is 30.0 Å². The number of aromatic carboxylic acids is 1. The molecule has 114 valence electrons. The van der Waals surface area contributed by atoms with E-state index in [1.165, 1.54) is 4.68 Å². The van der Waals surface area contributed by atoms with Crippen LogP contribution in [0.2, 0.25) is 0 Å². The van der Waals surface area contributed by atoms with Gasteiger partial charge in [0.2, 0.25) is 0 Å². The number of rotatable bonds is 4. The highest BCUT2D eigenvalue weighted by atomic mass is 16.4. The summed E-state index contributed by atoms with van der Waals surface area (Å²) in [6.07, 6.45) is 5.05. The summed E-state index contributed by atoms with van der Waals surface area (Å²) >= 11 is 0. The van der Waals surface area contributed by atoms with E-state index in [-0.39, 0.29) is 18.0 Å². The summed E-state index contributed by atoms with van der Waals surface area (Å²) in [7, 11) is 0. The van der Waals surface area contributed by atoms with Gasteiger partial charge in [-0.3, -0.25) is 4.79 Å². The maximum atomic E-state index is 11.5. The Kier molecular flexibility index (Phi) is 3.58. The number of aromatic nitrogens is 4. The fraction of sp³-hybridized carbons (Fsp3) is 0.357. The third-order valence-electron chi connectivity index (χ3n) is 3.76. The van der Waals surface area contributed by atoms with Crippen molar-refractivity contribution in [2.45, 2.75) is 31.6 Å².